The predicted molar refractivity (Wildman–Crippen MR) is 297 cm³/mol. The number of halogens is 1. The number of rotatable bonds is 19. The van der Waals surface area contributed by atoms with E-state index in [-0.39, 0.29) is 50.7 Å². The zero-order valence-electron chi connectivity index (χ0n) is 44.5. The molecular formula is C59H65ClN10O7. The number of aryl methyl sites for hydroxylation is 3. The Morgan fingerprint density at radius 1 is 0.883 bits per heavy atom. The van der Waals surface area contributed by atoms with Gasteiger partial charge in [-0.3, -0.25) is 38.7 Å². The molecule has 6 aromatic rings. The van der Waals surface area contributed by atoms with E-state index in [4.69, 9.17) is 26.1 Å². The molecule has 0 spiro atoms. The van der Waals surface area contributed by atoms with Crippen LogP contribution in [0.15, 0.2) is 107 Å². The van der Waals surface area contributed by atoms with Gasteiger partial charge in [-0.1, -0.05) is 80.9 Å². The smallest absolute Gasteiger partial charge is 0.246 e. The van der Waals surface area contributed by atoms with Gasteiger partial charge >= 0.3 is 0 Å². The van der Waals surface area contributed by atoms with E-state index in [1.807, 2.05) is 144 Å². The van der Waals surface area contributed by atoms with E-state index in [0.29, 0.717) is 53.3 Å². The van der Waals surface area contributed by atoms with E-state index in [9.17, 15) is 24.3 Å². The molecule has 6 heterocycles. The van der Waals surface area contributed by atoms with Gasteiger partial charge in [-0.2, -0.15) is 0 Å². The van der Waals surface area contributed by atoms with Gasteiger partial charge in [-0.25, -0.2) is 0 Å². The standard InChI is InChI=1S/C59H65ClN10O7/c1-34-35(2)63-57-53(34)54(41-14-18-42(60)19-15-41)65-48(56-68-67-37(4)70(56)57)30-51(73)64-43-20-16-40(17-21-43)47-23-22-45(31-62-47)77-28-8-27-76-33-52(74)66-55(59(5,6)7)58(75)69-32-44(71)29-49(69)50(72)24-11-38-9-12-39(13-10-38)46-25-26-61-36(46)3/h9-10,12-23,26,31,44,48-49,55,63,71H,8,11,24-25,27-30,32-33H2,1-7H3,(H,64,73)(H,66,74)/t44-,48?,49+,55?/m1/s1. The molecule has 1 fully saturated rings. The second-order valence-electron chi connectivity index (χ2n) is 21.0. The number of pyridine rings is 1. The number of anilines is 1. The maximum absolute atomic E-state index is 14.1. The van der Waals surface area contributed by atoms with Gasteiger partial charge in [-0.05, 0) is 98.2 Å². The highest BCUT2D eigenvalue weighted by molar-refractivity contribution is 6.30. The minimum absolute atomic E-state index is 0.0160. The Hall–Kier alpha value is -7.60. The topological polar surface area (TPSA) is 218 Å². The Morgan fingerprint density at radius 2 is 1.61 bits per heavy atom. The quantitative estimate of drug-likeness (QED) is 0.0565. The molecule has 400 valence electrons. The Kier molecular flexibility index (Phi) is 16.4. The van der Waals surface area contributed by atoms with Gasteiger partial charge in [0, 0.05) is 77.2 Å². The summed E-state index contributed by atoms with van der Waals surface area (Å²) in [6.45, 7) is 13.8. The number of aliphatic imine (C=N–C) groups is 2. The Morgan fingerprint density at radius 3 is 2.30 bits per heavy atom. The van der Waals surface area contributed by atoms with E-state index < -0.39 is 41.5 Å². The maximum Gasteiger partial charge on any atom is 0.246 e. The molecular weight excluding hydrogens is 996 g/mol. The lowest BCUT2D eigenvalue weighted by atomic mass is 9.85. The normalized spacial score (nSPS) is 17.4. The molecule has 3 aliphatic rings. The summed E-state index contributed by atoms with van der Waals surface area (Å²) in [6.07, 6.45) is 4.89. The van der Waals surface area contributed by atoms with Gasteiger partial charge in [0.1, 0.15) is 36.1 Å². The van der Waals surface area contributed by atoms with Crippen LogP contribution in [0, 0.1) is 26.2 Å². The number of allylic oxidation sites excluding steroid dienone is 2. The zero-order chi connectivity index (χ0) is 54.5. The van der Waals surface area contributed by atoms with Crippen LogP contribution in [-0.4, -0.2) is 115 Å². The molecule has 0 saturated carbocycles. The molecule has 0 radical (unpaired) electrons. The summed E-state index contributed by atoms with van der Waals surface area (Å²) in [7, 11) is 0. The number of H-pyrrole nitrogens is 1. The van der Waals surface area contributed by atoms with Crippen molar-refractivity contribution in [2.75, 3.05) is 31.7 Å². The number of hydrogen-bond acceptors (Lipinski definition) is 12. The van der Waals surface area contributed by atoms with Crippen molar-refractivity contribution in [3.63, 3.8) is 0 Å². The van der Waals surface area contributed by atoms with Crippen LogP contribution in [0.25, 0.3) is 22.6 Å². The third-order valence-electron chi connectivity index (χ3n) is 14.3. The molecule has 3 aromatic heterocycles. The van der Waals surface area contributed by atoms with Crippen molar-refractivity contribution < 1.29 is 33.8 Å². The van der Waals surface area contributed by atoms with Crippen molar-refractivity contribution in [1.82, 2.24) is 34.9 Å². The number of hydrogen-bond donors (Lipinski definition) is 4. The minimum Gasteiger partial charge on any atom is -0.492 e. The van der Waals surface area contributed by atoms with Crippen molar-refractivity contribution in [1.29, 1.82) is 0 Å². The molecule has 2 unspecified atom stereocenters. The predicted octanol–water partition coefficient (Wildman–Crippen LogP) is 8.84. The SMILES string of the molecule is CC1=C(c2ccc(CCC(=O)[C@@H]3C[C@@H](O)CN3C(=O)C(NC(=O)COCCCOc3ccc(-c4ccc(NC(=O)CC5N=C(c6ccc(Cl)cc6)c6c([nH]c(C)c6C)-n6c(C)nnc65)cc4)nc3)C(C)(C)C)cc2)CC=N1. The average Bonchev–Trinajstić information content (AvgIpc) is 4.21. The summed E-state index contributed by atoms with van der Waals surface area (Å²) in [5.41, 5.74) is 10.4. The fraction of sp³-hybridized carbons (Fsp3) is 0.373. The maximum atomic E-state index is 14.1. The number of aliphatic hydroxyl groups excluding tert-OH is 1. The first kappa shape index (κ1) is 54.2. The van der Waals surface area contributed by atoms with Crippen LogP contribution in [0.1, 0.15) is 111 Å². The van der Waals surface area contributed by atoms with Crippen LogP contribution in [0.3, 0.4) is 0 Å². The number of nitrogens with zero attached hydrogens (tertiary/aromatic N) is 7. The molecule has 77 heavy (non-hydrogen) atoms. The van der Waals surface area contributed by atoms with Crippen molar-refractivity contribution in [2.24, 2.45) is 15.4 Å². The number of benzene rings is 3. The van der Waals surface area contributed by atoms with Crippen molar-refractivity contribution >= 4 is 58.3 Å². The van der Waals surface area contributed by atoms with Gasteiger partial charge in [0.05, 0.1) is 49.4 Å². The van der Waals surface area contributed by atoms with Crippen molar-refractivity contribution in [2.45, 2.75) is 111 Å². The van der Waals surface area contributed by atoms with Crippen molar-refractivity contribution in [3.05, 3.63) is 147 Å². The second-order valence-corrected chi connectivity index (χ2v) is 21.4. The molecule has 4 atom stereocenters. The monoisotopic (exact) mass is 1060 g/mol. The summed E-state index contributed by atoms with van der Waals surface area (Å²) < 4.78 is 13.5. The van der Waals surface area contributed by atoms with E-state index in [2.05, 4.69) is 35.8 Å². The second kappa shape index (κ2) is 23.3. The Labute approximate surface area is 453 Å². The number of ketones is 1. The van der Waals surface area contributed by atoms with E-state index in [0.717, 1.165) is 62.7 Å². The van der Waals surface area contributed by atoms with Crippen LogP contribution < -0.4 is 15.4 Å². The zero-order valence-corrected chi connectivity index (χ0v) is 45.3. The molecule has 3 aromatic carbocycles. The molecule has 0 aliphatic carbocycles. The molecule has 3 amide bonds. The lowest BCUT2D eigenvalue weighted by Gasteiger charge is -2.35. The molecule has 18 heteroatoms. The number of ether oxygens (including phenoxy) is 2. The Bertz CT molecular complexity index is 3250. The number of fused-ring (bicyclic) bond motifs is 3. The highest BCUT2D eigenvalue weighted by Crippen LogP contribution is 2.36. The third kappa shape index (κ3) is 12.5. The molecule has 4 N–H and O–H groups in total. The molecule has 0 bridgehead atoms. The lowest BCUT2D eigenvalue weighted by molar-refractivity contribution is -0.144. The van der Waals surface area contributed by atoms with Crippen molar-refractivity contribution in [3.8, 4) is 22.8 Å². The fourth-order valence-corrected chi connectivity index (χ4v) is 10.2. The van der Waals surface area contributed by atoms with E-state index in [1.54, 1.807) is 6.20 Å². The van der Waals surface area contributed by atoms with Gasteiger partial charge < -0.3 is 35.1 Å². The number of Topliss-reactive ketones (excluding diaryl/α,β-unsaturated/α-hetero) is 1. The lowest BCUT2D eigenvalue weighted by Crippen LogP contribution is -2.57. The van der Waals surface area contributed by atoms with Crippen LogP contribution in [-0.2, 0) is 30.3 Å². The number of amides is 3. The molecule has 9 rings (SSSR count). The molecule has 1 saturated heterocycles. The summed E-state index contributed by atoms with van der Waals surface area (Å²) in [4.78, 5) is 73.6. The van der Waals surface area contributed by atoms with Gasteiger partial charge in [0.2, 0.25) is 17.7 Å². The molecule has 3 aliphatic heterocycles. The first-order chi connectivity index (χ1) is 36.9. The van der Waals surface area contributed by atoms with Crippen LogP contribution in [0.4, 0.5) is 5.69 Å². The van der Waals surface area contributed by atoms with E-state index in [1.165, 1.54) is 10.5 Å². The first-order valence-corrected chi connectivity index (χ1v) is 26.4. The highest BCUT2D eigenvalue weighted by atomic mass is 35.5. The number of likely N-dealkylation sites (tertiary alicyclic amines) is 1. The van der Waals surface area contributed by atoms with E-state index >= 15 is 0 Å². The summed E-state index contributed by atoms with van der Waals surface area (Å²) in [6, 6.07) is 24.4. The van der Waals surface area contributed by atoms with Gasteiger partial charge in [-0.15, -0.1) is 10.2 Å². The Balaban J connectivity index is 0.718. The number of aromatic nitrogens is 5. The molecule has 17 nitrogen and oxygen atoms in total. The van der Waals surface area contributed by atoms with Crippen LogP contribution >= 0.6 is 11.6 Å². The fourth-order valence-electron chi connectivity index (χ4n) is 10.0. The highest BCUT2D eigenvalue weighted by Gasteiger charge is 2.44. The number of β-amino-alcohol motifs (C(OH)–C–C–N with tert-alkyl or cyclic N) is 1. The average molecular weight is 1060 g/mol. The number of aromatic amines is 1. The number of carbonyl (C=O) groups excluding carboxylic acids is 4. The van der Waals surface area contributed by atoms with Crippen LogP contribution in [0.2, 0.25) is 5.02 Å². The number of nitrogens with one attached hydrogen (secondary N) is 3. The minimum atomic E-state index is -0.950. The summed E-state index contributed by atoms with van der Waals surface area (Å²) in [5, 5.41) is 26.0. The van der Waals surface area contributed by atoms with Crippen LogP contribution in [0.5, 0.6) is 5.75 Å². The van der Waals surface area contributed by atoms with Gasteiger partial charge in [0.15, 0.2) is 11.6 Å². The van der Waals surface area contributed by atoms with Gasteiger partial charge in [0.25, 0.3) is 0 Å². The largest absolute Gasteiger partial charge is 0.492 e. The number of aliphatic hydroxyl groups is 1. The summed E-state index contributed by atoms with van der Waals surface area (Å²) >= 11 is 6.26. The summed E-state index contributed by atoms with van der Waals surface area (Å²) in [5.74, 6) is 1.38. The first-order valence-electron chi connectivity index (χ1n) is 26.1. The third-order valence-corrected chi connectivity index (χ3v) is 14.6. The number of carbonyl (C=O) groups is 4.